The first kappa shape index (κ1) is 21.4. The number of aliphatic hydroxyl groups is 1. The standard InChI is InChI=1S/C21H20N6O4S/c1-32(30,31)16-4-2-15(3-5-16)24-20-19-14(6-9-27(10-11-28)21(19)29)12-17(26-20)25-18-13-22-7-8-23-18/h2-9,12-13,28H,10-11H2,1H3,(H2,23,24,25,26). The van der Waals surface area contributed by atoms with Crippen LogP contribution in [0.15, 0.2) is 70.9 Å². The molecule has 11 heteroatoms. The van der Waals surface area contributed by atoms with Crippen LogP contribution in [0.25, 0.3) is 10.8 Å². The molecule has 4 rings (SSSR count). The average Bonchev–Trinajstić information content (AvgIpc) is 2.76. The molecule has 0 bridgehead atoms. The fourth-order valence-corrected chi connectivity index (χ4v) is 3.79. The molecule has 0 amide bonds. The van der Waals surface area contributed by atoms with Crippen LogP contribution in [0.3, 0.4) is 0 Å². The normalized spacial score (nSPS) is 11.4. The minimum absolute atomic E-state index is 0.150. The minimum Gasteiger partial charge on any atom is -0.395 e. The lowest BCUT2D eigenvalue weighted by atomic mass is 10.2. The Labute approximate surface area is 183 Å². The molecular formula is C21H20N6O4S. The first-order chi connectivity index (χ1) is 15.3. The number of hydrogen-bond donors (Lipinski definition) is 3. The molecule has 10 nitrogen and oxygen atoms in total. The Balaban J connectivity index is 1.81. The van der Waals surface area contributed by atoms with Gasteiger partial charge >= 0.3 is 0 Å². The molecule has 164 valence electrons. The van der Waals surface area contributed by atoms with E-state index in [4.69, 9.17) is 0 Å². The Morgan fingerprint density at radius 2 is 1.84 bits per heavy atom. The van der Waals surface area contributed by atoms with Gasteiger partial charge in [0.1, 0.15) is 17.5 Å². The summed E-state index contributed by atoms with van der Waals surface area (Å²) in [5, 5.41) is 16.4. The molecule has 0 aliphatic rings. The molecular weight excluding hydrogens is 432 g/mol. The van der Waals surface area contributed by atoms with E-state index in [-0.39, 0.29) is 29.4 Å². The highest BCUT2D eigenvalue weighted by Gasteiger charge is 2.14. The third-order valence-corrected chi connectivity index (χ3v) is 5.79. The van der Waals surface area contributed by atoms with Gasteiger partial charge in [-0.2, -0.15) is 0 Å². The largest absolute Gasteiger partial charge is 0.395 e. The van der Waals surface area contributed by atoms with Gasteiger partial charge in [0.15, 0.2) is 9.84 Å². The molecule has 32 heavy (non-hydrogen) atoms. The highest BCUT2D eigenvalue weighted by molar-refractivity contribution is 7.90. The van der Waals surface area contributed by atoms with Crippen molar-refractivity contribution in [2.75, 3.05) is 23.5 Å². The lowest BCUT2D eigenvalue weighted by molar-refractivity contribution is 0.274. The number of anilines is 4. The van der Waals surface area contributed by atoms with Crippen molar-refractivity contribution in [1.82, 2.24) is 19.5 Å². The molecule has 1 aromatic carbocycles. The summed E-state index contributed by atoms with van der Waals surface area (Å²) in [7, 11) is -3.33. The number of aliphatic hydroxyl groups excluding tert-OH is 1. The van der Waals surface area contributed by atoms with Crippen LogP contribution >= 0.6 is 0 Å². The second-order valence-electron chi connectivity index (χ2n) is 7.00. The molecule has 0 radical (unpaired) electrons. The van der Waals surface area contributed by atoms with Gasteiger partial charge in [-0.1, -0.05) is 0 Å². The number of hydrogen-bond acceptors (Lipinski definition) is 9. The quantitative estimate of drug-likeness (QED) is 0.384. The number of nitrogens with one attached hydrogen (secondary N) is 2. The van der Waals surface area contributed by atoms with E-state index in [0.29, 0.717) is 28.1 Å². The highest BCUT2D eigenvalue weighted by Crippen LogP contribution is 2.27. The number of sulfone groups is 1. The van der Waals surface area contributed by atoms with Crippen LogP contribution in [0, 0.1) is 0 Å². The number of aromatic nitrogens is 4. The van der Waals surface area contributed by atoms with Crippen molar-refractivity contribution in [3.63, 3.8) is 0 Å². The minimum atomic E-state index is -3.33. The Morgan fingerprint density at radius 3 is 2.50 bits per heavy atom. The van der Waals surface area contributed by atoms with Crippen LogP contribution in [-0.2, 0) is 16.4 Å². The predicted octanol–water partition coefficient (Wildman–Crippen LogP) is 2.07. The molecule has 0 unspecified atom stereocenters. The number of pyridine rings is 2. The highest BCUT2D eigenvalue weighted by atomic mass is 32.2. The molecule has 3 aromatic heterocycles. The van der Waals surface area contributed by atoms with Gasteiger partial charge in [-0.15, -0.1) is 0 Å². The van der Waals surface area contributed by atoms with E-state index in [1.165, 1.54) is 16.7 Å². The summed E-state index contributed by atoms with van der Waals surface area (Å²) in [4.78, 5) is 25.9. The molecule has 3 N–H and O–H groups in total. The molecule has 0 fully saturated rings. The zero-order valence-corrected chi connectivity index (χ0v) is 17.9. The van der Waals surface area contributed by atoms with Crippen molar-refractivity contribution in [3.8, 4) is 0 Å². The van der Waals surface area contributed by atoms with Crippen molar-refractivity contribution < 1.29 is 13.5 Å². The monoisotopic (exact) mass is 452 g/mol. The van der Waals surface area contributed by atoms with E-state index in [9.17, 15) is 18.3 Å². The Morgan fingerprint density at radius 1 is 1.06 bits per heavy atom. The fourth-order valence-electron chi connectivity index (χ4n) is 3.16. The maximum absolute atomic E-state index is 13.0. The van der Waals surface area contributed by atoms with E-state index in [2.05, 4.69) is 25.6 Å². The molecule has 0 spiro atoms. The third kappa shape index (κ3) is 4.58. The molecule has 0 saturated heterocycles. The van der Waals surface area contributed by atoms with Crippen LogP contribution < -0.4 is 16.2 Å². The van der Waals surface area contributed by atoms with E-state index in [0.717, 1.165) is 6.26 Å². The van der Waals surface area contributed by atoms with Crippen LogP contribution in [0.1, 0.15) is 0 Å². The van der Waals surface area contributed by atoms with Crippen molar-refractivity contribution >= 4 is 43.8 Å². The number of fused-ring (bicyclic) bond motifs is 1. The summed E-state index contributed by atoms with van der Waals surface area (Å²) in [6, 6.07) is 9.63. The maximum atomic E-state index is 13.0. The van der Waals surface area contributed by atoms with Crippen molar-refractivity contribution in [2.24, 2.45) is 0 Å². The Bertz CT molecular complexity index is 1420. The lowest BCUT2D eigenvalue weighted by Gasteiger charge is -2.14. The summed E-state index contributed by atoms with van der Waals surface area (Å²) >= 11 is 0. The van der Waals surface area contributed by atoms with Crippen LogP contribution in [0.2, 0.25) is 0 Å². The van der Waals surface area contributed by atoms with Gasteiger partial charge in [0.2, 0.25) is 0 Å². The molecule has 3 heterocycles. The smallest absolute Gasteiger partial charge is 0.262 e. The third-order valence-electron chi connectivity index (χ3n) is 4.66. The van der Waals surface area contributed by atoms with E-state index < -0.39 is 9.84 Å². The average molecular weight is 452 g/mol. The van der Waals surface area contributed by atoms with Crippen LogP contribution in [-0.4, -0.2) is 45.9 Å². The molecule has 0 saturated carbocycles. The van der Waals surface area contributed by atoms with Crippen molar-refractivity contribution in [1.29, 1.82) is 0 Å². The SMILES string of the molecule is CS(=O)(=O)c1ccc(Nc2nc(Nc3cnccn3)cc3ccn(CCO)c(=O)c23)cc1. The zero-order chi connectivity index (χ0) is 22.7. The summed E-state index contributed by atoms with van der Waals surface area (Å²) in [5.74, 6) is 1.20. The van der Waals surface area contributed by atoms with Gasteiger partial charge in [0, 0.05) is 37.1 Å². The molecule has 4 aromatic rings. The summed E-state index contributed by atoms with van der Waals surface area (Å²) in [6.45, 7) is -0.0300. The zero-order valence-electron chi connectivity index (χ0n) is 17.1. The Kier molecular flexibility index (Phi) is 5.84. The molecule has 0 aliphatic heterocycles. The van der Waals surface area contributed by atoms with Gasteiger partial charge < -0.3 is 20.3 Å². The van der Waals surface area contributed by atoms with Gasteiger partial charge in [0.05, 0.1) is 23.1 Å². The Hall–Kier alpha value is -3.83. The lowest BCUT2D eigenvalue weighted by Crippen LogP contribution is -2.22. The second kappa shape index (κ2) is 8.73. The van der Waals surface area contributed by atoms with Gasteiger partial charge in [-0.25, -0.2) is 18.4 Å². The van der Waals surface area contributed by atoms with Crippen molar-refractivity contribution in [2.45, 2.75) is 11.4 Å². The van der Waals surface area contributed by atoms with Crippen molar-refractivity contribution in [3.05, 3.63) is 71.5 Å². The first-order valence-electron chi connectivity index (χ1n) is 9.60. The summed E-state index contributed by atoms with van der Waals surface area (Å²) < 4.78 is 24.8. The number of nitrogens with zero attached hydrogens (tertiary/aromatic N) is 4. The summed E-state index contributed by atoms with van der Waals surface area (Å²) in [5.41, 5.74) is 0.241. The van der Waals surface area contributed by atoms with Gasteiger partial charge in [-0.05, 0) is 41.8 Å². The summed E-state index contributed by atoms with van der Waals surface area (Å²) in [6.07, 6.45) is 7.38. The van der Waals surface area contributed by atoms with Gasteiger partial charge in [-0.3, -0.25) is 9.78 Å². The molecule has 0 atom stereocenters. The van der Waals surface area contributed by atoms with E-state index >= 15 is 0 Å². The van der Waals surface area contributed by atoms with Gasteiger partial charge in [0.25, 0.3) is 5.56 Å². The topological polar surface area (TPSA) is 139 Å². The van der Waals surface area contributed by atoms with E-state index in [1.54, 1.807) is 49.1 Å². The second-order valence-corrected chi connectivity index (χ2v) is 9.01. The van der Waals surface area contributed by atoms with Crippen LogP contribution in [0.5, 0.6) is 0 Å². The fraction of sp³-hybridized carbons (Fsp3) is 0.143. The van der Waals surface area contributed by atoms with E-state index in [1.807, 2.05) is 0 Å². The predicted molar refractivity (Wildman–Crippen MR) is 121 cm³/mol. The number of benzene rings is 1. The number of rotatable bonds is 7. The van der Waals surface area contributed by atoms with Crippen LogP contribution in [0.4, 0.5) is 23.1 Å². The maximum Gasteiger partial charge on any atom is 0.262 e. The molecule has 0 aliphatic carbocycles. The first-order valence-corrected chi connectivity index (χ1v) is 11.5.